The van der Waals surface area contributed by atoms with E-state index >= 15 is 0 Å². The van der Waals surface area contributed by atoms with E-state index in [9.17, 15) is 9.59 Å². The molecule has 0 N–H and O–H groups in total. The van der Waals surface area contributed by atoms with Crippen LogP contribution in [-0.4, -0.2) is 46.4 Å². The third-order valence-corrected chi connectivity index (χ3v) is 4.70. The van der Waals surface area contributed by atoms with Crippen molar-refractivity contribution in [1.29, 1.82) is 0 Å². The first-order valence-electron chi connectivity index (χ1n) is 8.71. The molecule has 0 unspecified atom stereocenters. The van der Waals surface area contributed by atoms with Gasteiger partial charge >= 0.3 is 5.76 Å². The van der Waals surface area contributed by atoms with Gasteiger partial charge in [-0.2, -0.15) is 4.68 Å². The molecule has 1 saturated carbocycles. The van der Waals surface area contributed by atoms with Crippen LogP contribution in [0.1, 0.15) is 19.3 Å². The second-order valence-corrected chi connectivity index (χ2v) is 6.70. The van der Waals surface area contributed by atoms with Crippen LogP contribution in [0, 0.1) is 5.92 Å². The Morgan fingerprint density at radius 1 is 1.24 bits per heavy atom. The van der Waals surface area contributed by atoms with E-state index in [0.717, 1.165) is 30.6 Å². The molecule has 132 valence electrons. The monoisotopic (exact) mass is 343 g/mol. The number of benzene rings is 1. The summed E-state index contributed by atoms with van der Waals surface area (Å²) in [5.74, 6) is -0.0596. The Labute approximate surface area is 145 Å². The highest BCUT2D eigenvalue weighted by atomic mass is 16.5. The number of carbonyl (C=O) groups excluding carboxylic acids is 1. The first-order valence-corrected chi connectivity index (χ1v) is 8.71. The van der Waals surface area contributed by atoms with Crippen LogP contribution in [0.2, 0.25) is 0 Å². The first kappa shape index (κ1) is 16.1. The number of aromatic nitrogens is 2. The molecule has 0 bridgehead atoms. The van der Waals surface area contributed by atoms with Crippen LogP contribution in [-0.2, 0) is 16.1 Å². The lowest BCUT2D eigenvalue weighted by Crippen LogP contribution is -2.40. The minimum Gasteiger partial charge on any atom is -0.388 e. The van der Waals surface area contributed by atoms with Crippen LogP contribution in [0.3, 0.4) is 0 Å². The van der Waals surface area contributed by atoms with Gasteiger partial charge in [0, 0.05) is 30.7 Å². The zero-order valence-corrected chi connectivity index (χ0v) is 14.0. The number of amides is 1. The Kier molecular flexibility index (Phi) is 4.40. The maximum absolute atomic E-state index is 12.7. The molecule has 1 saturated heterocycles. The molecule has 0 spiro atoms. The summed E-state index contributed by atoms with van der Waals surface area (Å²) < 4.78 is 11.7. The van der Waals surface area contributed by atoms with E-state index in [1.165, 1.54) is 0 Å². The number of hydrogen-bond donors (Lipinski definition) is 0. The van der Waals surface area contributed by atoms with Crippen molar-refractivity contribution in [2.24, 2.45) is 5.92 Å². The quantitative estimate of drug-likeness (QED) is 0.795. The molecule has 1 aromatic carbocycles. The summed E-state index contributed by atoms with van der Waals surface area (Å²) in [6, 6.07) is 9.49. The smallest absolute Gasteiger partial charge is 0.388 e. The summed E-state index contributed by atoms with van der Waals surface area (Å²) in [5.41, 5.74) is 0.716. The molecule has 1 aromatic heterocycles. The van der Waals surface area contributed by atoms with Gasteiger partial charge in [-0.1, -0.05) is 18.2 Å². The maximum atomic E-state index is 12.7. The van der Waals surface area contributed by atoms with Gasteiger partial charge in [0.15, 0.2) is 0 Å². The van der Waals surface area contributed by atoms with Crippen molar-refractivity contribution in [2.75, 3.05) is 19.8 Å². The van der Waals surface area contributed by atoms with Crippen LogP contribution < -0.4 is 5.76 Å². The second kappa shape index (κ2) is 6.84. The Morgan fingerprint density at radius 2 is 2.04 bits per heavy atom. The molecule has 7 nitrogen and oxygen atoms in total. The molecule has 2 aliphatic rings. The lowest BCUT2D eigenvalue weighted by Gasteiger charge is -2.24. The van der Waals surface area contributed by atoms with Crippen molar-refractivity contribution in [3.63, 3.8) is 0 Å². The minimum atomic E-state index is -0.604. The van der Waals surface area contributed by atoms with Crippen molar-refractivity contribution in [1.82, 2.24) is 14.7 Å². The average Bonchev–Trinajstić information content (AvgIpc) is 3.21. The van der Waals surface area contributed by atoms with Crippen LogP contribution in [0.5, 0.6) is 0 Å². The molecule has 0 radical (unpaired) electrons. The third-order valence-electron chi connectivity index (χ3n) is 4.70. The summed E-state index contributed by atoms with van der Waals surface area (Å²) in [7, 11) is 0. The van der Waals surface area contributed by atoms with Crippen molar-refractivity contribution in [3.05, 3.63) is 40.9 Å². The predicted octanol–water partition coefficient (Wildman–Crippen LogP) is 1.53. The number of ether oxygens (including phenoxy) is 1. The van der Waals surface area contributed by atoms with Gasteiger partial charge in [0.25, 0.3) is 0 Å². The molecule has 2 fully saturated rings. The van der Waals surface area contributed by atoms with Crippen molar-refractivity contribution >= 4 is 5.91 Å². The molecule has 4 rings (SSSR count). The van der Waals surface area contributed by atoms with E-state index in [-0.39, 0.29) is 18.3 Å². The summed E-state index contributed by atoms with van der Waals surface area (Å²) in [4.78, 5) is 26.7. The van der Waals surface area contributed by atoms with Gasteiger partial charge in [0.1, 0.15) is 6.54 Å². The molecular weight excluding hydrogens is 322 g/mol. The molecular formula is C18H21N3O4. The summed E-state index contributed by atoms with van der Waals surface area (Å²) >= 11 is 0. The molecule has 2 aromatic rings. The molecule has 25 heavy (non-hydrogen) atoms. The Balaban J connectivity index is 1.47. The van der Waals surface area contributed by atoms with Crippen molar-refractivity contribution in [2.45, 2.75) is 31.8 Å². The standard InChI is InChI=1S/C18H21N3O4/c22-16(20(15-6-7-15)10-13-8-9-24-12-13)11-21-18(23)25-17(19-21)14-4-2-1-3-5-14/h1-5,13,15H,6-12H2/t13-/m1/s1. The van der Waals surface area contributed by atoms with Crippen molar-refractivity contribution < 1.29 is 13.9 Å². The third kappa shape index (κ3) is 3.66. The molecule has 1 aliphatic heterocycles. The fraction of sp³-hybridized carbons (Fsp3) is 0.500. The lowest BCUT2D eigenvalue weighted by atomic mass is 10.1. The van der Waals surface area contributed by atoms with E-state index in [1.54, 1.807) is 0 Å². The Bertz CT molecular complexity index is 788. The zero-order chi connectivity index (χ0) is 17.2. The van der Waals surface area contributed by atoms with Gasteiger partial charge in [-0.3, -0.25) is 4.79 Å². The van der Waals surface area contributed by atoms with Crippen molar-refractivity contribution in [3.8, 4) is 11.5 Å². The van der Waals surface area contributed by atoms with Crippen LogP contribution in [0.4, 0.5) is 0 Å². The predicted molar refractivity (Wildman–Crippen MR) is 89.9 cm³/mol. The molecule has 1 atom stereocenters. The highest BCUT2D eigenvalue weighted by Crippen LogP contribution is 2.29. The van der Waals surface area contributed by atoms with E-state index in [1.807, 2.05) is 35.2 Å². The summed E-state index contributed by atoms with van der Waals surface area (Å²) in [6.45, 7) is 2.08. The Morgan fingerprint density at radius 3 is 2.72 bits per heavy atom. The van der Waals surface area contributed by atoms with E-state index in [2.05, 4.69) is 5.10 Å². The lowest BCUT2D eigenvalue weighted by molar-refractivity contribution is -0.133. The van der Waals surface area contributed by atoms with Crippen LogP contribution in [0.15, 0.2) is 39.5 Å². The van der Waals surface area contributed by atoms with E-state index in [0.29, 0.717) is 30.7 Å². The van der Waals surface area contributed by atoms with Gasteiger partial charge in [-0.05, 0) is 31.4 Å². The SMILES string of the molecule is O=C(Cn1nc(-c2ccccc2)oc1=O)N(C[C@H]1CCOC1)C1CC1. The summed E-state index contributed by atoms with van der Waals surface area (Å²) in [6.07, 6.45) is 3.04. The highest BCUT2D eigenvalue weighted by molar-refractivity contribution is 5.76. The van der Waals surface area contributed by atoms with E-state index in [4.69, 9.17) is 9.15 Å². The second-order valence-electron chi connectivity index (χ2n) is 6.70. The summed E-state index contributed by atoms with van der Waals surface area (Å²) in [5, 5.41) is 4.18. The fourth-order valence-corrected chi connectivity index (χ4v) is 3.17. The minimum absolute atomic E-state index is 0.0792. The van der Waals surface area contributed by atoms with Gasteiger partial charge < -0.3 is 14.1 Å². The Hall–Kier alpha value is -2.41. The molecule has 7 heteroatoms. The topological polar surface area (TPSA) is 77.6 Å². The zero-order valence-electron chi connectivity index (χ0n) is 14.0. The van der Waals surface area contributed by atoms with Crippen LogP contribution >= 0.6 is 0 Å². The molecule has 1 aliphatic carbocycles. The average molecular weight is 343 g/mol. The molecule has 1 amide bonds. The van der Waals surface area contributed by atoms with E-state index < -0.39 is 5.76 Å². The van der Waals surface area contributed by atoms with Gasteiger partial charge in [-0.15, -0.1) is 5.10 Å². The fourth-order valence-electron chi connectivity index (χ4n) is 3.17. The number of nitrogens with zero attached hydrogens (tertiary/aromatic N) is 3. The normalized spacial score (nSPS) is 19.9. The number of rotatable bonds is 6. The largest absolute Gasteiger partial charge is 0.437 e. The maximum Gasteiger partial charge on any atom is 0.437 e. The highest BCUT2D eigenvalue weighted by Gasteiger charge is 2.35. The van der Waals surface area contributed by atoms with Gasteiger partial charge in [-0.25, -0.2) is 4.79 Å². The first-order chi connectivity index (χ1) is 12.2. The molecule has 2 heterocycles. The number of hydrogen-bond acceptors (Lipinski definition) is 5. The van der Waals surface area contributed by atoms with Gasteiger partial charge in [0.05, 0.1) is 6.61 Å². The van der Waals surface area contributed by atoms with Crippen LogP contribution in [0.25, 0.3) is 11.5 Å². The number of carbonyl (C=O) groups is 1. The van der Waals surface area contributed by atoms with Gasteiger partial charge in [0.2, 0.25) is 11.8 Å².